The van der Waals surface area contributed by atoms with E-state index in [2.05, 4.69) is 0 Å². The maximum Gasteiger partial charge on any atom is 0.416 e. The van der Waals surface area contributed by atoms with Crippen LogP contribution in [-0.4, -0.2) is 53.1 Å². The predicted octanol–water partition coefficient (Wildman–Crippen LogP) is 3.57. The molecule has 0 radical (unpaired) electrons. The van der Waals surface area contributed by atoms with Crippen molar-refractivity contribution in [1.82, 2.24) is 4.90 Å². The lowest BCUT2D eigenvalue weighted by Crippen LogP contribution is -2.55. The molecule has 0 aliphatic heterocycles. The van der Waals surface area contributed by atoms with E-state index in [0.29, 0.717) is 5.56 Å². The zero-order valence-electron chi connectivity index (χ0n) is 14.7. The van der Waals surface area contributed by atoms with Crippen LogP contribution < -0.4 is 0 Å². The number of benzene rings is 1. The number of carboxylic acid groups (broad SMARTS) is 1. The van der Waals surface area contributed by atoms with Crippen molar-refractivity contribution in [2.45, 2.75) is 44.4 Å². The summed E-state index contributed by atoms with van der Waals surface area (Å²) in [7, 11) is 1.41. The van der Waals surface area contributed by atoms with Crippen molar-refractivity contribution >= 4 is 6.09 Å². The maximum atomic E-state index is 12.7. The highest BCUT2D eigenvalue weighted by Crippen LogP contribution is 2.33. The van der Waals surface area contributed by atoms with Crippen molar-refractivity contribution in [2.24, 2.45) is 0 Å². The van der Waals surface area contributed by atoms with Crippen LogP contribution in [0.25, 0.3) is 0 Å². The number of rotatable bonds is 6. The Morgan fingerprint density at radius 1 is 1.20 bits per heavy atom. The van der Waals surface area contributed by atoms with Crippen LogP contribution in [-0.2, 0) is 10.9 Å². The molecule has 0 saturated heterocycles. The first-order valence-corrected chi connectivity index (χ1v) is 7.72. The van der Waals surface area contributed by atoms with E-state index < -0.39 is 41.9 Å². The molecule has 0 saturated carbocycles. The topological polar surface area (TPSA) is 70.0 Å². The van der Waals surface area contributed by atoms with Gasteiger partial charge in [-0.1, -0.05) is 12.1 Å². The van der Waals surface area contributed by atoms with E-state index >= 15 is 0 Å². The van der Waals surface area contributed by atoms with Gasteiger partial charge in [0.05, 0.1) is 24.8 Å². The van der Waals surface area contributed by atoms with Crippen molar-refractivity contribution in [3.8, 4) is 0 Å². The van der Waals surface area contributed by atoms with E-state index in [4.69, 9.17) is 4.74 Å². The second-order valence-corrected chi connectivity index (χ2v) is 6.75. The number of ether oxygens (including phenoxy) is 1. The summed E-state index contributed by atoms with van der Waals surface area (Å²) in [5.41, 5.74) is -1.14. The van der Waals surface area contributed by atoms with Crippen LogP contribution in [0.2, 0.25) is 0 Å². The molecule has 0 aromatic heterocycles. The van der Waals surface area contributed by atoms with Gasteiger partial charge in [0.25, 0.3) is 0 Å². The standard InChI is InChI=1S/C17H24F3NO4/c1-16(2,3)21(15(23)24)14(9-22)13(10-25-4)11-5-7-12(8-6-11)17(18,19)20/h5-8,13-14,22H,9-10H2,1-4H3,(H,23,24)/t13-,14+/m0/s1. The van der Waals surface area contributed by atoms with Crippen LogP contribution >= 0.6 is 0 Å². The van der Waals surface area contributed by atoms with Gasteiger partial charge < -0.3 is 14.9 Å². The van der Waals surface area contributed by atoms with Gasteiger partial charge in [0, 0.05) is 18.6 Å². The van der Waals surface area contributed by atoms with Crippen LogP contribution in [0.15, 0.2) is 24.3 Å². The molecule has 0 aliphatic rings. The van der Waals surface area contributed by atoms with Crippen LogP contribution in [0.3, 0.4) is 0 Å². The number of hydrogen-bond acceptors (Lipinski definition) is 3. The summed E-state index contributed by atoms with van der Waals surface area (Å²) in [6, 6.07) is 3.59. The van der Waals surface area contributed by atoms with Crippen LogP contribution in [0.5, 0.6) is 0 Å². The van der Waals surface area contributed by atoms with Crippen LogP contribution in [0.4, 0.5) is 18.0 Å². The number of amides is 1. The van der Waals surface area contributed by atoms with Gasteiger partial charge in [0.1, 0.15) is 0 Å². The largest absolute Gasteiger partial charge is 0.465 e. The lowest BCUT2D eigenvalue weighted by atomic mass is 9.88. The number of aliphatic hydroxyl groups excluding tert-OH is 1. The minimum absolute atomic E-state index is 0.0520. The highest BCUT2D eigenvalue weighted by molar-refractivity contribution is 5.66. The Labute approximate surface area is 145 Å². The second-order valence-electron chi connectivity index (χ2n) is 6.75. The van der Waals surface area contributed by atoms with Crippen molar-refractivity contribution in [2.75, 3.05) is 20.3 Å². The number of halogens is 3. The first kappa shape index (κ1) is 21.2. The van der Waals surface area contributed by atoms with Crippen LogP contribution in [0.1, 0.15) is 37.8 Å². The molecule has 25 heavy (non-hydrogen) atoms. The summed E-state index contributed by atoms with van der Waals surface area (Å²) in [6.45, 7) is 4.61. The SMILES string of the molecule is COC[C@@H](c1ccc(C(F)(F)F)cc1)[C@@H](CO)N(C(=O)O)C(C)(C)C. The summed E-state index contributed by atoms with van der Waals surface area (Å²) in [4.78, 5) is 12.8. The molecule has 0 bridgehead atoms. The van der Waals surface area contributed by atoms with E-state index in [0.717, 1.165) is 17.0 Å². The van der Waals surface area contributed by atoms with Crippen LogP contribution in [0, 0.1) is 0 Å². The fraction of sp³-hybridized carbons (Fsp3) is 0.588. The average molecular weight is 363 g/mol. The molecule has 1 amide bonds. The van der Waals surface area contributed by atoms with Gasteiger partial charge in [-0.05, 0) is 38.5 Å². The zero-order valence-corrected chi connectivity index (χ0v) is 14.7. The van der Waals surface area contributed by atoms with E-state index in [1.165, 1.54) is 19.2 Å². The van der Waals surface area contributed by atoms with Gasteiger partial charge in [0.15, 0.2) is 0 Å². The summed E-state index contributed by atoms with van der Waals surface area (Å²) in [5.74, 6) is -0.618. The monoisotopic (exact) mass is 363 g/mol. The minimum atomic E-state index is -4.45. The average Bonchev–Trinajstić information content (AvgIpc) is 2.48. The number of nitrogens with zero attached hydrogens (tertiary/aromatic N) is 1. The number of aliphatic hydroxyl groups is 1. The molecule has 0 heterocycles. The minimum Gasteiger partial charge on any atom is -0.465 e. The van der Waals surface area contributed by atoms with Crippen molar-refractivity contribution < 1.29 is 32.9 Å². The molecule has 142 valence electrons. The summed E-state index contributed by atoms with van der Waals surface area (Å²) in [5, 5.41) is 19.4. The molecule has 2 N–H and O–H groups in total. The number of hydrogen-bond donors (Lipinski definition) is 2. The Kier molecular flexibility index (Phi) is 6.84. The molecular formula is C17H24F3NO4. The molecule has 5 nitrogen and oxygen atoms in total. The molecule has 0 spiro atoms. The fourth-order valence-electron chi connectivity index (χ4n) is 2.84. The quantitative estimate of drug-likeness (QED) is 0.811. The number of methoxy groups -OCH3 is 1. The van der Waals surface area contributed by atoms with Crippen molar-refractivity contribution in [3.63, 3.8) is 0 Å². The first-order chi connectivity index (χ1) is 11.4. The predicted molar refractivity (Wildman–Crippen MR) is 86.6 cm³/mol. The van der Waals surface area contributed by atoms with E-state index in [1.807, 2.05) is 0 Å². The van der Waals surface area contributed by atoms with Crippen molar-refractivity contribution in [1.29, 1.82) is 0 Å². The summed E-state index contributed by atoms with van der Waals surface area (Å²) in [6.07, 6.45) is -5.68. The third-order valence-corrected chi connectivity index (χ3v) is 3.92. The van der Waals surface area contributed by atoms with Gasteiger partial charge in [-0.25, -0.2) is 4.79 Å². The highest BCUT2D eigenvalue weighted by atomic mass is 19.4. The Hall–Kier alpha value is -1.80. The zero-order chi connectivity index (χ0) is 19.4. The summed E-state index contributed by atoms with van der Waals surface area (Å²) < 4.78 is 43.3. The van der Waals surface area contributed by atoms with E-state index in [1.54, 1.807) is 20.8 Å². The molecule has 1 aromatic rings. The van der Waals surface area contributed by atoms with Gasteiger partial charge >= 0.3 is 12.3 Å². The molecule has 8 heteroatoms. The lowest BCUT2D eigenvalue weighted by molar-refractivity contribution is -0.137. The highest BCUT2D eigenvalue weighted by Gasteiger charge is 2.38. The fourth-order valence-corrected chi connectivity index (χ4v) is 2.84. The molecule has 0 aliphatic carbocycles. The summed E-state index contributed by atoms with van der Waals surface area (Å²) >= 11 is 0. The first-order valence-electron chi connectivity index (χ1n) is 7.72. The smallest absolute Gasteiger partial charge is 0.416 e. The third-order valence-electron chi connectivity index (χ3n) is 3.92. The number of carbonyl (C=O) groups is 1. The van der Waals surface area contributed by atoms with Gasteiger partial charge in [0.2, 0.25) is 0 Å². The second kappa shape index (κ2) is 8.05. The van der Waals surface area contributed by atoms with Gasteiger partial charge in [-0.3, -0.25) is 4.90 Å². The Bertz CT molecular complexity index is 567. The maximum absolute atomic E-state index is 12.7. The van der Waals surface area contributed by atoms with Crippen molar-refractivity contribution in [3.05, 3.63) is 35.4 Å². The van der Waals surface area contributed by atoms with E-state index in [-0.39, 0.29) is 6.61 Å². The third kappa shape index (κ3) is 5.34. The Morgan fingerprint density at radius 3 is 2.04 bits per heavy atom. The molecule has 0 fully saturated rings. The number of alkyl halides is 3. The van der Waals surface area contributed by atoms with E-state index in [9.17, 15) is 28.2 Å². The molecular weight excluding hydrogens is 339 g/mol. The Balaban J connectivity index is 3.29. The molecule has 1 rings (SSSR count). The Morgan fingerprint density at radius 2 is 1.72 bits per heavy atom. The van der Waals surface area contributed by atoms with Gasteiger partial charge in [-0.15, -0.1) is 0 Å². The lowest BCUT2D eigenvalue weighted by Gasteiger charge is -2.42. The normalized spacial score (nSPS) is 14.9. The molecule has 1 aromatic carbocycles. The van der Waals surface area contributed by atoms with Gasteiger partial charge in [-0.2, -0.15) is 13.2 Å². The molecule has 2 atom stereocenters. The molecule has 0 unspecified atom stereocenters.